The molecule has 0 aromatic heterocycles. The zero-order valence-electron chi connectivity index (χ0n) is 14.5. The lowest BCUT2D eigenvalue weighted by Gasteiger charge is -2.26. The summed E-state index contributed by atoms with van der Waals surface area (Å²) in [5.41, 5.74) is 2.47. The minimum Gasteiger partial charge on any atom is -0.447 e. The smallest absolute Gasteiger partial charge is 0.410 e. The molecule has 0 spiro atoms. The number of halogens is 1. The topological polar surface area (TPSA) is 32.8 Å². The molecule has 3 rings (SSSR count). The quantitative estimate of drug-likeness (QED) is 0.756. The van der Waals surface area contributed by atoms with E-state index in [1.807, 2.05) is 41.3 Å². The number of amides is 1. The van der Waals surface area contributed by atoms with Gasteiger partial charge in [-0.3, -0.25) is 4.90 Å². The van der Waals surface area contributed by atoms with Crippen molar-refractivity contribution in [1.29, 1.82) is 0 Å². The molecule has 4 nitrogen and oxygen atoms in total. The first-order chi connectivity index (χ1) is 11.7. The summed E-state index contributed by atoms with van der Waals surface area (Å²) in [7, 11) is 2.10. The molecule has 1 unspecified atom stereocenters. The fourth-order valence-corrected chi connectivity index (χ4v) is 3.03. The Balaban J connectivity index is 0.00000225. The molecule has 2 aromatic carbocycles. The Morgan fingerprint density at radius 1 is 1.04 bits per heavy atom. The number of rotatable bonds is 7. The van der Waals surface area contributed by atoms with Crippen molar-refractivity contribution in [2.45, 2.75) is 19.0 Å². The van der Waals surface area contributed by atoms with Gasteiger partial charge in [0.2, 0.25) is 0 Å². The molecule has 0 bridgehead atoms. The molecule has 0 radical (unpaired) electrons. The molecular weight excluding hydrogens is 336 g/mol. The van der Waals surface area contributed by atoms with Crippen LogP contribution >= 0.6 is 12.4 Å². The summed E-state index contributed by atoms with van der Waals surface area (Å²) in [5, 5.41) is 0. The predicted molar refractivity (Wildman–Crippen MR) is 102 cm³/mol. The summed E-state index contributed by atoms with van der Waals surface area (Å²) < 4.78 is 5.27. The van der Waals surface area contributed by atoms with E-state index in [0.717, 1.165) is 25.1 Å². The van der Waals surface area contributed by atoms with Crippen LogP contribution in [0.25, 0.3) is 0 Å². The molecule has 0 N–H and O–H groups in total. The van der Waals surface area contributed by atoms with Crippen LogP contribution in [0.15, 0.2) is 60.7 Å². The second kappa shape index (κ2) is 9.44. The molecule has 5 heteroatoms. The van der Waals surface area contributed by atoms with Crippen molar-refractivity contribution in [3.05, 3.63) is 71.8 Å². The van der Waals surface area contributed by atoms with Crippen molar-refractivity contribution in [2.24, 2.45) is 0 Å². The van der Waals surface area contributed by atoms with Gasteiger partial charge in [0.15, 0.2) is 0 Å². The van der Waals surface area contributed by atoms with Crippen molar-refractivity contribution in [1.82, 2.24) is 9.80 Å². The van der Waals surface area contributed by atoms with E-state index in [-0.39, 0.29) is 24.5 Å². The average molecular weight is 361 g/mol. The van der Waals surface area contributed by atoms with Crippen LogP contribution < -0.4 is 0 Å². The molecule has 1 aliphatic rings. The number of carbonyl (C=O) groups is 1. The standard InChI is InChI=1S/C20H24N2O2.ClH/c1-21(13-12-17-8-4-2-5-9-17)15-19-16-24-20(23)22(19)14-18-10-6-3-7-11-18;/h2-11,19H,12-16H2,1H3;1H. The summed E-state index contributed by atoms with van der Waals surface area (Å²) in [6.45, 7) is 2.87. The van der Waals surface area contributed by atoms with Gasteiger partial charge in [0.05, 0.1) is 6.04 Å². The third kappa shape index (κ3) is 5.48. The maximum atomic E-state index is 12.0. The lowest BCUT2D eigenvalue weighted by molar-refractivity contribution is 0.154. The minimum absolute atomic E-state index is 0. The highest BCUT2D eigenvalue weighted by atomic mass is 35.5. The molecule has 1 fully saturated rings. The van der Waals surface area contributed by atoms with Crippen LogP contribution in [-0.2, 0) is 17.7 Å². The molecule has 2 aromatic rings. The number of ether oxygens (including phenoxy) is 1. The molecular formula is C20H25ClN2O2. The Morgan fingerprint density at radius 3 is 2.28 bits per heavy atom. The van der Waals surface area contributed by atoms with Crippen LogP contribution in [0.1, 0.15) is 11.1 Å². The van der Waals surface area contributed by atoms with E-state index in [1.54, 1.807) is 0 Å². The molecule has 0 saturated carbocycles. The van der Waals surface area contributed by atoms with Gasteiger partial charge in [-0.15, -0.1) is 12.4 Å². The van der Waals surface area contributed by atoms with Crippen LogP contribution in [0.5, 0.6) is 0 Å². The Bertz CT molecular complexity index is 651. The maximum absolute atomic E-state index is 12.0. The number of hydrogen-bond donors (Lipinski definition) is 0. The van der Waals surface area contributed by atoms with E-state index in [9.17, 15) is 4.79 Å². The van der Waals surface area contributed by atoms with Crippen molar-refractivity contribution in [2.75, 3.05) is 26.7 Å². The van der Waals surface area contributed by atoms with Crippen molar-refractivity contribution >= 4 is 18.5 Å². The second-order valence-corrected chi connectivity index (χ2v) is 6.34. The lowest BCUT2D eigenvalue weighted by atomic mass is 10.1. The minimum atomic E-state index is -0.208. The van der Waals surface area contributed by atoms with E-state index < -0.39 is 0 Å². The van der Waals surface area contributed by atoms with Crippen LogP contribution in [0.3, 0.4) is 0 Å². The van der Waals surface area contributed by atoms with Crippen molar-refractivity contribution in [3.63, 3.8) is 0 Å². The third-order valence-electron chi connectivity index (χ3n) is 4.42. The fourth-order valence-electron chi connectivity index (χ4n) is 3.03. The predicted octanol–water partition coefficient (Wildman–Crippen LogP) is 3.60. The molecule has 134 valence electrons. The van der Waals surface area contributed by atoms with Crippen molar-refractivity contribution in [3.8, 4) is 0 Å². The number of hydrogen-bond acceptors (Lipinski definition) is 3. The Kier molecular flexibility index (Phi) is 7.29. The van der Waals surface area contributed by atoms with Gasteiger partial charge in [-0.1, -0.05) is 60.7 Å². The van der Waals surface area contributed by atoms with E-state index in [4.69, 9.17) is 4.74 Å². The van der Waals surface area contributed by atoms with Gasteiger partial charge < -0.3 is 9.64 Å². The highest BCUT2D eigenvalue weighted by Crippen LogP contribution is 2.17. The van der Waals surface area contributed by atoms with Gasteiger partial charge in [0.1, 0.15) is 6.61 Å². The molecule has 25 heavy (non-hydrogen) atoms. The van der Waals surface area contributed by atoms with Gasteiger partial charge in [-0.2, -0.15) is 0 Å². The van der Waals surface area contributed by atoms with Crippen LogP contribution in [0, 0.1) is 0 Å². The van der Waals surface area contributed by atoms with Crippen LogP contribution in [0.2, 0.25) is 0 Å². The molecule has 1 aliphatic heterocycles. The summed E-state index contributed by atoms with van der Waals surface area (Å²) in [4.78, 5) is 16.2. The average Bonchev–Trinajstić information content (AvgIpc) is 2.95. The Labute approximate surface area is 155 Å². The number of benzene rings is 2. The van der Waals surface area contributed by atoms with Gasteiger partial charge in [-0.05, 0) is 24.6 Å². The van der Waals surface area contributed by atoms with Crippen LogP contribution in [0.4, 0.5) is 4.79 Å². The number of cyclic esters (lactones) is 1. The van der Waals surface area contributed by atoms with Gasteiger partial charge in [0, 0.05) is 19.6 Å². The SMILES string of the molecule is CN(CCc1ccccc1)CC1COC(=O)N1Cc1ccccc1.Cl. The summed E-state index contributed by atoms with van der Waals surface area (Å²) in [6, 6.07) is 20.7. The number of carbonyl (C=O) groups excluding carboxylic acids is 1. The Morgan fingerprint density at radius 2 is 1.64 bits per heavy atom. The second-order valence-electron chi connectivity index (χ2n) is 6.34. The van der Waals surface area contributed by atoms with E-state index in [1.165, 1.54) is 5.56 Å². The van der Waals surface area contributed by atoms with Crippen molar-refractivity contribution < 1.29 is 9.53 Å². The normalized spacial score (nSPS) is 16.6. The van der Waals surface area contributed by atoms with Gasteiger partial charge in [0.25, 0.3) is 0 Å². The first-order valence-electron chi connectivity index (χ1n) is 8.42. The molecule has 1 atom stereocenters. The first kappa shape index (κ1) is 19.3. The van der Waals surface area contributed by atoms with Crippen LogP contribution in [-0.4, -0.2) is 48.7 Å². The van der Waals surface area contributed by atoms with E-state index >= 15 is 0 Å². The van der Waals surface area contributed by atoms with Gasteiger partial charge in [-0.25, -0.2) is 4.79 Å². The largest absolute Gasteiger partial charge is 0.447 e. The van der Waals surface area contributed by atoms with Gasteiger partial charge >= 0.3 is 6.09 Å². The molecule has 0 aliphatic carbocycles. The summed E-state index contributed by atoms with van der Waals surface area (Å²) in [5.74, 6) is 0. The lowest BCUT2D eigenvalue weighted by Crippen LogP contribution is -2.41. The van der Waals surface area contributed by atoms with E-state index in [0.29, 0.717) is 13.2 Å². The summed E-state index contributed by atoms with van der Waals surface area (Å²) in [6.07, 6.45) is 0.803. The zero-order chi connectivity index (χ0) is 16.8. The molecule has 1 amide bonds. The molecule has 1 saturated heterocycles. The Hall–Kier alpha value is -2.04. The molecule has 1 heterocycles. The zero-order valence-corrected chi connectivity index (χ0v) is 15.3. The third-order valence-corrected chi connectivity index (χ3v) is 4.42. The van der Waals surface area contributed by atoms with E-state index in [2.05, 4.69) is 36.2 Å². The first-order valence-corrected chi connectivity index (χ1v) is 8.42. The number of likely N-dealkylation sites (N-methyl/N-ethyl adjacent to an activating group) is 1. The highest BCUT2D eigenvalue weighted by molar-refractivity contribution is 5.85. The number of nitrogens with zero attached hydrogens (tertiary/aromatic N) is 2. The fraction of sp³-hybridized carbons (Fsp3) is 0.350. The maximum Gasteiger partial charge on any atom is 0.410 e. The summed E-state index contributed by atoms with van der Waals surface area (Å²) >= 11 is 0. The monoisotopic (exact) mass is 360 g/mol. The highest BCUT2D eigenvalue weighted by Gasteiger charge is 2.33.